The zero-order valence-electron chi connectivity index (χ0n) is 12.0. The van der Waals surface area contributed by atoms with Crippen molar-refractivity contribution in [3.05, 3.63) is 22.4 Å². The van der Waals surface area contributed by atoms with Crippen LogP contribution in [-0.4, -0.2) is 60.1 Å². The minimum absolute atomic E-state index is 0.183. The summed E-state index contributed by atoms with van der Waals surface area (Å²) in [6, 6.07) is 3.84. The second-order valence-corrected chi connectivity index (χ2v) is 6.20. The summed E-state index contributed by atoms with van der Waals surface area (Å²) < 4.78 is 0. The molecule has 0 unspecified atom stereocenters. The van der Waals surface area contributed by atoms with Gasteiger partial charge < -0.3 is 14.9 Å². The smallest absolute Gasteiger partial charge is 0.263 e. The van der Waals surface area contributed by atoms with Crippen LogP contribution >= 0.6 is 11.3 Å². The maximum absolute atomic E-state index is 12.3. The van der Waals surface area contributed by atoms with E-state index in [0.29, 0.717) is 6.61 Å². The Hall–Kier alpha value is -0.910. The van der Waals surface area contributed by atoms with E-state index in [4.69, 9.17) is 5.11 Å². The standard InChI is InChI=1S/C15H24N2O2S/c18-12-3-1-2-7-16-8-5-9-17(11-10-16)15(19)14-6-4-13-20-14/h4,6,13,18H,1-3,5,7-12H2. The molecule has 5 heteroatoms. The Morgan fingerprint density at radius 3 is 2.85 bits per heavy atom. The number of carbonyl (C=O) groups excluding carboxylic acids is 1. The number of carbonyl (C=O) groups is 1. The van der Waals surface area contributed by atoms with Gasteiger partial charge in [0.2, 0.25) is 0 Å². The van der Waals surface area contributed by atoms with Crippen molar-refractivity contribution >= 4 is 17.2 Å². The Balaban J connectivity index is 1.76. The maximum Gasteiger partial charge on any atom is 0.263 e. The molecule has 0 saturated carbocycles. The molecule has 112 valence electrons. The molecule has 2 rings (SSSR count). The van der Waals surface area contributed by atoms with Crippen molar-refractivity contribution in [1.29, 1.82) is 0 Å². The van der Waals surface area contributed by atoms with Gasteiger partial charge in [-0.3, -0.25) is 4.79 Å². The number of hydrogen-bond acceptors (Lipinski definition) is 4. The molecule has 2 heterocycles. The van der Waals surface area contributed by atoms with Gasteiger partial charge in [0.15, 0.2) is 0 Å². The SMILES string of the molecule is O=C(c1cccs1)N1CCCN(CCCCCO)CC1. The summed E-state index contributed by atoms with van der Waals surface area (Å²) in [4.78, 5) is 17.6. The second kappa shape index (κ2) is 8.39. The van der Waals surface area contributed by atoms with Gasteiger partial charge in [-0.1, -0.05) is 6.07 Å². The van der Waals surface area contributed by atoms with E-state index in [2.05, 4.69) is 4.90 Å². The molecule has 1 aromatic heterocycles. The fraction of sp³-hybridized carbons (Fsp3) is 0.667. The first kappa shape index (κ1) is 15.5. The lowest BCUT2D eigenvalue weighted by Crippen LogP contribution is -2.35. The van der Waals surface area contributed by atoms with E-state index in [9.17, 15) is 4.79 Å². The van der Waals surface area contributed by atoms with Crippen molar-refractivity contribution in [3.63, 3.8) is 0 Å². The number of aliphatic hydroxyl groups is 1. The minimum Gasteiger partial charge on any atom is -0.396 e. The molecule has 0 bridgehead atoms. The van der Waals surface area contributed by atoms with Crippen LogP contribution in [0.5, 0.6) is 0 Å². The van der Waals surface area contributed by atoms with Crippen molar-refractivity contribution in [2.75, 3.05) is 39.3 Å². The van der Waals surface area contributed by atoms with Gasteiger partial charge in [0.05, 0.1) is 4.88 Å². The third-order valence-corrected chi connectivity index (χ3v) is 4.60. The predicted molar refractivity (Wildman–Crippen MR) is 82.2 cm³/mol. The summed E-state index contributed by atoms with van der Waals surface area (Å²) in [5, 5.41) is 10.7. The summed E-state index contributed by atoms with van der Waals surface area (Å²) in [5.74, 6) is 0.183. The molecule has 1 aliphatic heterocycles. The first-order valence-electron chi connectivity index (χ1n) is 7.47. The summed E-state index contributed by atoms with van der Waals surface area (Å²) in [6.07, 6.45) is 4.18. The highest BCUT2D eigenvalue weighted by Crippen LogP contribution is 2.14. The van der Waals surface area contributed by atoms with Crippen LogP contribution in [0.1, 0.15) is 35.4 Å². The number of nitrogens with zero attached hydrogens (tertiary/aromatic N) is 2. The lowest BCUT2D eigenvalue weighted by atomic mass is 10.2. The molecule has 20 heavy (non-hydrogen) atoms. The van der Waals surface area contributed by atoms with E-state index < -0.39 is 0 Å². The van der Waals surface area contributed by atoms with Crippen molar-refractivity contribution in [3.8, 4) is 0 Å². The number of thiophene rings is 1. The molecule has 0 radical (unpaired) electrons. The topological polar surface area (TPSA) is 43.8 Å². The number of amides is 1. The highest BCUT2D eigenvalue weighted by Gasteiger charge is 2.20. The van der Waals surface area contributed by atoms with E-state index in [0.717, 1.165) is 63.3 Å². The summed E-state index contributed by atoms with van der Waals surface area (Å²) in [5.41, 5.74) is 0. The summed E-state index contributed by atoms with van der Waals surface area (Å²) in [6.45, 7) is 5.12. The molecular weight excluding hydrogens is 272 g/mol. The first-order valence-corrected chi connectivity index (χ1v) is 8.35. The van der Waals surface area contributed by atoms with E-state index >= 15 is 0 Å². The third kappa shape index (κ3) is 4.58. The Morgan fingerprint density at radius 2 is 2.10 bits per heavy atom. The fourth-order valence-electron chi connectivity index (χ4n) is 2.58. The Bertz CT molecular complexity index is 395. The van der Waals surface area contributed by atoms with Gasteiger partial charge in [0, 0.05) is 26.2 Å². The van der Waals surface area contributed by atoms with Crippen LogP contribution in [0.25, 0.3) is 0 Å². The van der Waals surface area contributed by atoms with Crippen LogP contribution in [0.4, 0.5) is 0 Å². The van der Waals surface area contributed by atoms with E-state index in [-0.39, 0.29) is 5.91 Å². The summed E-state index contributed by atoms with van der Waals surface area (Å²) in [7, 11) is 0. The molecular formula is C15H24N2O2S. The van der Waals surface area contributed by atoms with E-state index in [1.165, 1.54) is 11.3 Å². The average Bonchev–Trinajstić information content (AvgIpc) is 2.89. The van der Waals surface area contributed by atoms with Gasteiger partial charge in [-0.05, 0) is 50.2 Å². The molecule has 1 amide bonds. The van der Waals surface area contributed by atoms with Crippen molar-refractivity contribution in [1.82, 2.24) is 9.80 Å². The van der Waals surface area contributed by atoms with E-state index in [1.807, 2.05) is 22.4 Å². The largest absolute Gasteiger partial charge is 0.396 e. The molecule has 0 atom stereocenters. The lowest BCUT2D eigenvalue weighted by molar-refractivity contribution is 0.0766. The quantitative estimate of drug-likeness (QED) is 0.817. The molecule has 1 fully saturated rings. The minimum atomic E-state index is 0.183. The van der Waals surface area contributed by atoms with Gasteiger partial charge >= 0.3 is 0 Å². The Kier molecular flexibility index (Phi) is 6.50. The molecule has 1 N–H and O–H groups in total. The first-order chi connectivity index (χ1) is 9.81. The average molecular weight is 296 g/mol. The van der Waals surface area contributed by atoms with Crippen molar-refractivity contribution in [2.24, 2.45) is 0 Å². The number of aliphatic hydroxyl groups excluding tert-OH is 1. The molecule has 0 spiro atoms. The molecule has 0 aliphatic carbocycles. The van der Waals surface area contributed by atoms with Crippen LogP contribution in [0.2, 0.25) is 0 Å². The zero-order chi connectivity index (χ0) is 14.2. The van der Waals surface area contributed by atoms with Crippen molar-refractivity contribution in [2.45, 2.75) is 25.7 Å². The van der Waals surface area contributed by atoms with Crippen LogP contribution in [0.3, 0.4) is 0 Å². The van der Waals surface area contributed by atoms with Crippen LogP contribution in [0.15, 0.2) is 17.5 Å². The van der Waals surface area contributed by atoms with Crippen LogP contribution in [-0.2, 0) is 0 Å². The highest BCUT2D eigenvalue weighted by molar-refractivity contribution is 7.12. The number of rotatable bonds is 6. The van der Waals surface area contributed by atoms with Gasteiger partial charge in [0.1, 0.15) is 0 Å². The monoisotopic (exact) mass is 296 g/mol. The van der Waals surface area contributed by atoms with Crippen molar-refractivity contribution < 1.29 is 9.90 Å². The normalized spacial score (nSPS) is 17.1. The summed E-state index contributed by atoms with van der Waals surface area (Å²) >= 11 is 1.52. The van der Waals surface area contributed by atoms with E-state index in [1.54, 1.807) is 0 Å². The second-order valence-electron chi connectivity index (χ2n) is 5.25. The van der Waals surface area contributed by atoms with Gasteiger partial charge in [-0.2, -0.15) is 0 Å². The molecule has 0 aromatic carbocycles. The van der Waals surface area contributed by atoms with Gasteiger partial charge in [-0.15, -0.1) is 11.3 Å². The lowest BCUT2D eigenvalue weighted by Gasteiger charge is -2.21. The third-order valence-electron chi connectivity index (χ3n) is 3.74. The molecule has 1 aliphatic rings. The van der Waals surface area contributed by atoms with Crippen LogP contribution in [0, 0.1) is 0 Å². The molecule has 1 saturated heterocycles. The maximum atomic E-state index is 12.3. The zero-order valence-corrected chi connectivity index (χ0v) is 12.8. The van der Waals surface area contributed by atoms with Gasteiger partial charge in [-0.25, -0.2) is 0 Å². The van der Waals surface area contributed by atoms with Gasteiger partial charge in [0.25, 0.3) is 5.91 Å². The number of unbranched alkanes of at least 4 members (excludes halogenated alkanes) is 2. The molecule has 4 nitrogen and oxygen atoms in total. The highest BCUT2D eigenvalue weighted by atomic mass is 32.1. The number of hydrogen-bond donors (Lipinski definition) is 1. The fourth-order valence-corrected chi connectivity index (χ4v) is 3.27. The Labute approximate surface area is 125 Å². The Morgan fingerprint density at radius 1 is 1.20 bits per heavy atom. The predicted octanol–water partition coefficient (Wildman–Crippen LogP) is 2.06. The van der Waals surface area contributed by atoms with Crippen LogP contribution < -0.4 is 0 Å². The molecule has 1 aromatic rings.